The normalized spacial score (nSPS) is 19.3. The van der Waals surface area contributed by atoms with Crippen molar-refractivity contribution >= 4 is 17.8 Å². The number of rotatable bonds is 4. The molecule has 0 radical (unpaired) electrons. The molecular weight excluding hydrogens is 490 g/mol. The summed E-state index contributed by atoms with van der Waals surface area (Å²) < 4.78 is 69.2. The third-order valence-electron chi connectivity index (χ3n) is 4.86. The van der Waals surface area contributed by atoms with Crippen molar-refractivity contribution in [2.24, 2.45) is 0 Å². The maximum atomic E-state index is 10.6. The van der Waals surface area contributed by atoms with Crippen molar-refractivity contribution in [3.05, 3.63) is 18.1 Å². The second kappa shape index (κ2) is 13.4. The Morgan fingerprint density at radius 3 is 2.06 bits per heavy atom. The topological polar surface area (TPSA) is 125 Å². The van der Waals surface area contributed by atoms with E-state index in [0.717, 1.165) is 24.8 Å². The van der Waals surface area contributed by atoms with Crippen molar-refractivity contribution in [1.29, 1.82) is 0 Å². The van der Waals surface area contributed by atoms with Gasteiger partial charge in [-0.1, -0.05) is 12.8 Å². The molecule has 1 saturated heterocycles. The second-order valence-electron chi connectivity index (χ2n) is 7.97. The Morgan fingerprint density at radius 1 is 1.09 bits per heavy atom. The molecule has 2 fully saturated rings. The molecule has 1 saturated carbocycles. The number of aromatic nitrogens is 2. The summed E-state index contributed by atoms with van der Waals surface area (Å²) in [5.74, 6) is -3.71. The van der Waals surface area contributed by atoms with Crippen LogP contribution in [0.1, 0.15) is 51.4 Å². The molecule has 1 atom stereocenters. The molecule has 3 rings (SSSR count). The van der Waals surface area contributed by atoms with E-state index in [9.17, 15) is 26.3 Å². The van der Waals surface area contributed by atoms with Gasteiger partial charge >= 0.3 is 24.3 Å². The van der Waals surface area contributed by atoms with Gasteiger partial charge in [0.1, 0.15) is 11.6 Å². The minimum absolute atomic E-state index is 0.204. The van der Waals surface area contributed by atoms with Gasteiger partial charge in [0.15, 0.2) is 0 Å². The van der Waals surface area contributed by atoms with Crippen molar-refractivity contribution in [1.82, 2.24) is 14.9 Å². The summed E-state index contributed by atoms with van der Waals surface area (Å²) in [6, 6.07) is 3.20. The zero-order chi connectivity index (χ0) is 26.8. The van der Waals surface area contributed by atoms with Crippen molar-refractivity contribution in [2.75, 3.05) is 25.1 Å². The van der Waals surface area contributed by atoms with Crippen LogP contribution in [0.15, 0.2) is 12.3 Å². The molecule has 15 heteroatoms. The molecule has 1 unspecified atom stereocenters. The fraction of sp³-hybridized carbons (Fsp3) is 0.700. The average molecular weight is 518 g/mol. The van der Waals surface area contributed by atoms with Gasteiger partial charge in [0, 0.05) is 24.8 Å². The number of hydrogen-bond acceptors (Lipinski definition) is 7. The largest absolute Gasteiger partial charge is 0.490 e. The van der Waals surface area contributed by atoms with Crippen LogP contribution in [0.3, 0.4) is 0 Å². The van der Waals surface area contributed by atoms with Crippen LogP contribution < -0.4 is 5.32 Å². The van der Waals surface area contributed by atoms with Gasteiger partial charge in [-0.2, -0.15) is 26.3 Å². The molecule has 1 aromatic rings. The highest BCUT2D eigenvalue weighted by Gasteiger charge is 2.39. The first-order valence-corrected chi connectivity index (χ1v) is 10.7. The van der Waals surface area contributed by atoms with E-state index in [-0.39, 0.29) is 6.04 Å². The van der Waals surface area contributed by atoms with Gasteiger partial charge in [-0.25, -0.2) is 19.6 Å². The maximum absolute atomic E-state index is 10.6. The fourth-order valence-corrected chi connectivity index (χ4v) is 3.42. The molecule has 2 heterocycles. The van der Waals surface area contributed by atoms with Crippen LogP contribution in [0.2, 0.25) is 0 Å². The van der Waals surface area contributed by atoms with E-state index < -0.39 is 24.3 Å². The Balaban J connectivity index is 0.000000362. The Labute approximate surface area is 197 Å². The van der Waals surface area contributed by atoms with Gasteiger partial charge in [0.2, 0.25) is 0 Å². The van der Waals surface area contributed by atoms with Crippen LogP contribution in [-0.4, -0.2) is 81.2 Å². The highest BCUT2D eigenvalue weighted by Crippen LogP contribution is 2.32. The summed E-state index contributed by atoms with van der Waals surface area (Å²) in [6.45, 7) is 6.78. The van der Waals surface area contributed by atoms with Crippen molar-refractivity contribution < 1.29 is 50.9 Å². The number of anilines is 1. The lowest BCUT2D eigenvalue weighted by molar-refractivity contribution is -0.193. The molecule has 200 valence electrons. The Morgan fingerprint density at radius 2 is 1.60 bits per heavy atom. The summed E-state index contributed by atoms with van der Waals surface area (Å²) in [6.07, 6.45) is -3.00. The lowest BCUT2D eigenvalue weighted by Crippen LogP contribution is -2.45. The number of ether oxygens (including phenoxy) is 1. The molecule has 1 aliphatic carbocycles. The predicted molar refractivity (Wildman–Crippen MR) is 111 cm³/mol. The van der Waals surface area contributed by atoms with Crippen LogP contribution in [-0.2, 0) is 14.3 Å². The third kappa shape index (κ3) is 11.1. The zero-order valence-corrected chi connectivity index (χ0v) is 19.1. The summed E-state index contributed by atoms with van der Waals surface area (Å²) >= 11 is 0. The molecule has 35 heavy (non-hydrogen) atoms. The van der Waals surface area contributed by atoms with E-state index in [0.29, 0.717) is 18.7 Å². The summed E-state index contributed by atoms with van der Waals surface area (Å²) in [4.78, 5) is 29.6. The molecule has 2 aliphatic rings. The number of alkyl halides is 6. The number of aliphatic carboxylic acids is 2. The minimum atomic E-state index is -5.08. The lowest BCUT2D eigenvalue weighted by Gasteiger charge is -2.38. The third-order valence-corrected chi connectivity index (χ3v) is 4.86. The Bertz CT molecular complexity index is 792. The van der Waals surface area contributed by atoms with Crippen molar-refractivity contribution in [2.45, 2.75) is 70.0 Å². The molecular formula is C20H28F6N4O5. The van der Waals surface area contributed by atoms with Gasteiger partial charge in [0.25, 0.3) is 0 Å². The summed E-state index contributed by atoms with van der Waals surface area (Å²) in [5.41, 5.74) is 0. The van der Waals surface area contributed by atoms with E-state index in [4.69, 9.17) is 29.5 Å². The quantitative estimate of drug-likeness (QED) is 0.510. The van der Waals surface area contributed by atoms with Crippen molar-refractivity contribution in [3.8, 4) is 0 Å². The number of nitrogens with one attached hydrogen (secondary N) is 1. The smallest absolute Gasteiger partial charge is 0.475 e. The van der Waals surface area contributed by atoms with Gasteiger partial charge in [-0.3, -0.25) is 4.90 Å². The number of nitrogens with zero attached hydrogens (tertiary/aromatic N) is 3. The van der Waals surface area contributed by atoms with Crippen LogP contribution in [0, 0.1) is 0 Å². The number of carbonyl (C=O) groups is 2. The highest BCUT2D eigenvalue weighted by molar-refractivity contribution is 5.73. The van der Waals surface area contributed by atoms with Gasteiger partial charge < -0.3 is 20.3 Å². The van der Waals surface area contributed by atoms with Gasteiger partial charge in [0.05, 0.1) is 19.3 Å². The first-order valence-electron chi connectivity index (χ1n) is 10.7. The monoisotopic (exact) mass is 518 g/mol. The Kier molecular flexibility index (Phi) is 11.6. The maximum Gasteiger partial charge on any atom is 0.490 e. The Hall–Kier alpha value is -2.68. The van der Waals surface area contributed by atoms with E-state index in [2.05, 4.69) is 29.0 Å². The van der Waals surface area contributed by atoms with Crippen molar-refractivity contribution in [3.63, 3.8) is 0 Å². The number of carboxylic acids is 2. The van der Waals surface area contributed by atoms with Crippen LogP contribution in [0.5, 0.6) is 0 Å². The van der Waals surface area contributed by atoms with Crippen LogP contribution in [0.25, 0.3) is 0 Å². The van der Waals surface area contributed by atoms with Gasteiger partial charge in [-0.15, -0.1) is 0 Å². The predicted octanol–water partition coefficient (Wildman–Crippen LogP) is 3.88. The molecule has 0 spiro atoms. The van der Waals surface area contributed by atoms with E-state index in [1.165, 1.54) is 25.7 Å². The zero-order valence-electron chi connectivity index (χ0n) is 19.1. The highest BCUT2D eigenvalue weighted by atomic mass is 19.4. The van der Waals surface area contributed by atoms with Crippen LogP contribution >= 0.6 is 0 Å². The summed E-state index contributed by atoms with van der Waals surface area (Å²) in [5, 5.41) is 17.6. The molecule has 3 N–H and O–H groups in total. The molecule has 1 aromatic heterocycles. The van der Waals surface area contributed by atoms with Crippen LogP contribution in [0.4, 0.5) is 32.2 Å². The number of morpholine rings is 1. The molecule has 0 amide bonds. The number of carboxylic acid groups (broad SMARTS) is 2. The number of hydrogen-bond donors (Lipinski definition) is 3. The second-order valence-corrected chi connectivity index (χ2v) is 7.97. The van der Waals surface area contributed by atoms with E-state index in [1.54, 1.807) is 0 Å². The summed E-state index contributed by atoms with van der Waals surface area (Å²) in [7, 11) is 0. The lowest BCUT2D eigenvalue weighted by atomic mass is 10.1. The molecule has 9 nitrogen and oxygen atoms in total. The molecule has 0 aromatic carbocycles. The standard InChI is InChI=1S/C16H26N4O.2C2HF3O2/c1-12(2)18-15-7-8-17-16(19-15)14-11-21-10-9-20(14)13-5-3-4-6-13;2*3-2(4,5)1(6)7/h7-8,12-14H,3-6,9-11H2,1-2H3,(H,17,18,19);2*(H,6,7). The molecule has 0 bridgehead atoms. The first-order chi connectivity index (χ1) is 16.1. The minimum Gasteiger partial charge on any atom is -0.475 e. The molecule has 1 aliphatic heterocycles. The average Bonchev–Trinajstić information content (AvgIpc) is 3.28. The fourth-order valence-electron chi connectivity index (χ4n) is 3.42. The van der Waals surface area contributed by atoms with Gasteiger partial charge in [-0.05, 0) is 32.8 Å². The van der Waals surface area contributed by atoms with E-state index in [1.807, 2.05) is 12.3 Å². The number of halogens is 6. The first kappa shape index (κ1) is 30.4. The van der Waals surface area contributed by atoms with E-state index >= 15 is 0 Å². The SMILES string of the molecule is CC(C)Nc1ccnc(C2COCCN2C2CCCC2)n1.O=C(O)C(F)(F)F.O=C(O)C(F)(F)F.